The number of thioether (sulfide) groups is 1. The second-order valence-corrected chi connectivity index (χ2v) is 6.76. The number of aromatic nitrogens is 3. The largest absolute Gasteiger partial charge is 0.497 e. The van der Waals surface area contributed by atoms with Gasteiger partial charge in [-0.2, -0.15) is 0 Å². The number of benzene rings is 2. The van der Waals surface area contributed by atoms with Crippen LogP contribution in [0.25, 0.3) is 11.4 Å². The monoisotopic (exact) mass is 415 g/mol. The minimum absolute atomic E-state index is 0.0593. The molecule has 3 N–H and O–H groups in total. The van der Waals surface area contributed by atoms with E-state index in [1.165, 1.54) is 24.3 Å². The van der Waals surface area contributed by atoms with E-state index < -0.39 is 11.7 Å². The first kappa shape index (κ1) is 20.3. The van der Waals surface area contributed by atoms with Crippen LogP contribution in [0.2, 0.25) is 0 Å². The topological polar surface area (TPSA) is 109 Å². The lowest BCUT2D eigenvalue weighted by atomic mass is 10.2. The molecule has 3 aromatic rings. The van der Waals surface area contributed by atoms with Crippen molar-refractivity contribution in [3.8, 4) is 17.1 Å². The van der Waals surface area contributed by atoms with Gasteiger partial charge in [-0.3, -0.25) is 14.7 Å². The summed E-state index contributed by atoms with van der Waals surface area (Å²) in [4.78, 5) is 28.1. The molecule has 1 aromatic heterocycles. The molecule has 0 atom stereocenters. The van der Waals surface area contributed by atoms with E-state index in [-0.39, 0.29) is 18.2 Å². The van der Waals surface area contributed by atoms with E-state index >= 15 is 0 Å². The zero-order chi connectivity index (χ0) is 20.6. The van der Waals surface area contributed by atoms with Crippen molar-refractivity contribution in [1.82, 2.24) is 20.5 Å². The van der Waals surface area contributed by atoms with E-state index in [1.54, 1.807) is 7.11 Å². The molecule has 150 valence electrons. The van der Waals surface area contributed by atoms with Crippen LogP contribution in [0, 0.1) is 5.82 Å². The Morgan fingerprint density at radius 1 is 1.10 bits per heavy atom. The fourth-order valence-electron chi connectivity index (χ4n) is 2.29. The molecular formula is C19H18FN5O3S. The van der Waals surface area contributed by atoms with Gasteiger partial charge in [0.1, 0.15) is 11.6 Å². The molecule has 8 nitrogen and oxygen atoms in total. The highest BCUT2D eigenvalue weighted by molar-refractivity contribution is 7.99. The molecule has 0 unspecified atom stereocenters. The Morgan fingerprint density at radius 2 is 1.83 bits per heavy atom. The lowest BCUT2D eigenvalue weighted by Crippen LogP contribution is -2.33. The summed E-state index contributed by atoms with van der Waals surface area (Å²) in [5.74, 6) is 0.242. The number of carbonyl (C=O) groups excluding carboxylic acids is 2. The summed E-state index contributed by atoms with van der Waals surface area (Å²) >= 11 is 1.15. The molecule has 0 aliphatic heterocycles. The van der Waals surface area contributed by atoms with Crippen LogP contribution in [0.4, 0.5) is 10.1 Å². The number of nitrogens with one attached hydrogen (secondary N) is 3. The van der Waals surface area contributed by atoms with Gasteiger partial charge >= 0.3 is 0 Å². The van der Waals surface area contributed by atoms with Crippen molar-refractivity contribution in [3.63, 3.8) is 0 Å². The van der Waals surface area contributed by atoms with E-state index in [0.29, 0.717) is 16.7 Å². The number of methoxy groups -OCH3 is 1. The van der Waals surface area contributed by atoms with E-state index in [4.69, 9.17) is 4.74 Å². The zero-order valence-electron chi connectivity index (χ0n) is 15.4. The number of H-pyrrole nitrogens is 1. The molecule has 0 saturated heterocycles. The van der Waals surface area contributed by atoms with Gasteiger partial charge < -0.3 is 15.4 Å². The van der Waals surface area contributed by atoms with Gasteiger partial charge in [-0.05, 0) is 48.5 Å². The maximum absolute atomic E-state index is 12.8. The maximum Gasteiger partial charge on any atom is 0.243 e. The van der Waals surface area contributed by atoms with E-state index in [0.717, 1.165) is 23.1 Å². The molecular weight excluding hydrogens is 397 g/mol. The molecule has 29 heavy (non-hydrogen) atoms. The average molecular weight is 415 g/mol. The van der Waals surface area contributed by atoms with Crippen LogP contribution >= 0.6 is 11.8 Å². The van der Waals surface area contributed by atoms with Crippen LogP contribution in [0.15, 0.2) is 53.7 Å². The van der Waals surface area contributed by atoms with Gasteiger partial charge in [0.25, 0.3) is 0 Å². The van der Waals surface area contributed by atoms with Gasteiger partial charge in [0, 0.05) is 11.3 Å². The predicted octanol–water partition coefficient (Wildman–Crippen LogP) is 2.47. The van der Waals surface area contributed by atoms with Crippen LogP contribution in [0.5, 0.6) is 5.75 Å². The Morgan fingerprint density at radius 3 is 2.52 bits per heavy atom. The van der Waals surface area contributed by atoms with Crippen molar-refractivity contribution < 1.29 is 18.7 Å². The highest BCUT2D eigenvalue weighted by Gasteiger charge is 2.10. The third-order valence-corrected chi connectivity index (χ3v) is 4.58. The number of ether oxygens (including phenoxy) is 1. The molecule has 0 radical (unpaired) electrons. The van der Waals surface area contributed by atoms with Gasteiger partial charge in [-0.15, -0.1) is 5.10 Å². The Labute approximate surface area is 170 Å². The molecule has 2 aromatic carbocycles. The third kappa shape index (κ3) is 6.04. The standard InChI is InChI=1S/C19H18FN5O3S/c1-28-15-8-2-12(3-9-15)18-23-19(25-24-18)29-11-17(27)21-10-16(26)22-14-6-4-13(20)5-7-14/h2-9H,10-11H2,1H3,(H,21,27)(H,22,26)(H,23,24,25). The minimum atomic E-state index is -0.408. The number of halogens is 1. The first-order valence-electron chi connectivity index (χ1n) is 8.55. The van der Waals surface area contributed by atoms with Crippen molar-refractivity contribution in [1.29, 1.82) is 0 Å². The van der Waals surface area contributed by atoms with Gasteiger partial charge in [-0.25, -0.2) is 9.37 Å². The molecule has 3 rings (SSSR count). The fraction of sp³-hybridized carbons (Fsp3) is 0.158. The van der Waals surface area contributed by atoms with Crippen LogP contribution in [0.3, 0.4) is 0 Å². The van der Waals surface area contributed by atoms with Crippen LogP contribution in [0.1, 0.15) is 0 Å². The molecule has 2 amide bonds. The molecule has 0 aliphatic rings. The summed E-state index contributed by atoms with van der Waals surface area (Å²) in [7, 11) is 1.59. The second kappa shape index (κ2) is 9.69. The lowest BCUT2D eigenvalue weighted by Gasteiger charge is -2.06. The van der Waals surface area contributed by atoms with E-state index in [2.05, 4.69) is 25.8 Å². The van der Waals surface area contributed by atoms with E-state index in [1.807, 2.05) is 24.3 Å². The average Bonchev–Trinajstić information content (AvgIpc) is 3.21. The Hall–Kier alpha value is -3.40. The normalized spacial score (nSPS) is 10.4. The first-order chi connectivity index (χ1) is 14.0. The minimum Gasteiger partial charge on any atom is -0.497 e. The first-order valence-corrected chi connectivity index (χ1v) is 9.54. The summed E-state index contributed by atoms with van der Waals surface area (Å²) < 4.78 is 18.0. The molecule has 0 spiro atoms. The van der Waals surface area contributed by atoms with Crippen molar-refractivity contribution in [3.05, 3.63) is 54.3 Å². The molecule has 10 heteroatoms. The number of carbonyl (C=O) groups is 2. The predicted molar refractivity (Wildman–Crippen MR) is 107 cm³/mol. The number of hydrogen-bond acceptors (Lipinski definition) is 6. The highest BCUT2D eigenvalue weighted by Crippen LogP contribution is 2.21. The number of rotatable bonds is 8. The number of nitrogens with zero attached hydrogens (tertiary/aromatic N) is 2. The highest BCUT2D eigenvalue weighted by atomic mass is 32.2. The summed E-state index contributed by atoms with van der Waals surface area (Å²) in [6, 6.07) is 12.7. The summed E-state index contributed by atoms with van der Waals surface area (Å²) in [6.07, 6.45) is 0. The summed E-state index contributed by atoms with van der Waals surface area (Å²) in [5.41, 5.74) is 1.29. The Bertz CT molecular complexity index is 976. The zero-order valence-corrected chi connectivity index (χ0v) is 16.3. The lowest BCUT2D eigenvalue weighted by molar-refractivity contribution is -0.122. The fourth-order valence-corrected chi connectivity index (χ4v) is 2.92. The van der Waals surface area contributed by atoms with Crippen molar-refractivity contribution >= 4 is 29.3 Å². The molecule has 0 fully saturated rings. The molecule has 1 heterocycles. The number of amides is 2. The molecule has 0 bridgehead atoms. The van der Waals surface area contributed by atoms with Gasteiger partial charge in [-0.1, -0.05) is 11.8 Å². The quantitative estimate of drug-likeness (QED) is 0.488. The van der Waals surface area contributed by atoms with Gasteiger partial charge in [0.05, 0.1) is 19.4 Å². The smallest absolute Gasteiger partial charge is 0.243 e. The SMILES string of the molecule is COc1ccc(-c2nc(SCC(=O)NCC(=O)Nc3ccc(F)cc3)n[nH]2)cc1. The van der Waals surface area contributed by atoms with Gasteiger partial charge in [0.15, 0.2) is 5.82 Å². The summed E-state index contributed by atoms with van der Waals surface area (Å²) in [5, 5.41) is 12.4. The second-order valence-electron chi connectivity index (χ2n) is 5.82. The number of hydrogen-bond donors (Lipinski definition) is 3. The molecule has 0 aliphatic carbocycles. The van der Waals surface area contributed by atoms with E-state index in [9.17, 15) is 14.0 Å². The van der Waals surface area contributed by atoms with Crippen LogP contribution < -0.4 is 15.4 Å². The summed E-state index contributed by atoms with van der Waals surface area (Å²) in [6.45, 7) is -0.193. The van der Waals surface area contributed by atoms with Gasteiger partial charge in [0.2, 0.25) is 17.0 Å². The molecule has 0 saturated carbocycles. The van der Waals surface area contributed by atoms with Crippen LogP contribution in [-0.4, -0.2) is 46.4 Å². The van der Waals surface area contributed by atoms with Crippen molar-refractivity contribution in [2.45, 2.75) is 5.16 Å². The van der Waals surface area contributed by atoms with Crippen LogP contribution in [-0.2, 0) is 9.59 Å². The number of anilines is 1. The Kier molecular flexibility index (Phi) is 6.80. The van der Waals surface area contributed by atoms with Crippen molar-refractivity contribution in [2.24, 2.45) is 0 Å². The van der Waals surface area contributed by atoms with Crippen molar-refractivity contribution in [2.75, 3.05) is 24.7 Å². The Balaban J connectivity index is 1.42. The number of aromatic amines is 1. The third-order valence-electron chi connectivity index (χ3n) is 3.73. The maximum atomic E-state index is 12.8.